The number of furan rings is 1. The van der Waals surface area contributed by atoms with Crippen LogP contribution in [0, 0.1) is 0 Å². The number of ether oxygens (including phenoxy) is 1. The van der Waals surface area contributed by atoms with Gasteiger partial charge < -0.3 is 14.5 Å². The summed E-state index contributed by atoms with van der Waals surface area (Å²) in [6, 6.07) is 13.5. The number of rotatable bonds is 7. The van der Waals surface area contributed by atoms with Gasteiger partial charge in [-0.15, -0.1) is 0 Å². The summed E-state index contributed by atoms with van der Waals surface area (Å²) in [5, 5.41) is 2.95. The van der Waals surface area contributed by atoms with Crippen molar-refractivity contribution in [1.82, 2.24) is 5.32 Å². The lowest BCUT2D eigenvalue weighted by molar-refractivity contribution is -0.123. The van der Waals surface area contributed by atoms with Gasteiger partial charge in [0.1, 0.15) is 11.9 Å². The van der Waals surface area contributed by atoms with Gasteiger partial charge in [-0.2, -0.15) is 0 Å². The molecule has 1 amide bonds. The summed E-state index contributed by atoms with van der Waals surface area (Å²) >= 11 is 0. The summed E-state index contributed by atoms with van der Waals surface area (Å²) in [4.78, 5) is 12.4. The van der Waals surface area contributed by atoms with E-state index in [9.17, 15) is 4.79 Å². The monoisotopic (exact) mass is 287 g/mol. The molecule has 0 bridgehead atoms. The smallest absolute Gasteiger partial charge is 0.227 e. The van der Waals surface area contributed by atoms with Gasteiger partial charge in [0, 0.05) is 7.11 Å². The predicted molar refractivity (Wildman–Crippen MR) is 80.9 cm³/mol. The third kappa shape index (κ3) is 3.95. The molecule has 21 heavy (non-hydrogen) atoms. The zero-order valence-corrected chi connectivity index (χ0v) is 12.4. The van der Waals surface area contributed by atoms with E-state index in [1.165, 1.54) is 0 Å². The highest BCUT2D eigenvalue weighted by molar-refractivity contribution is 5.83. The van der Waals surface area contributed by atoms with Crippen LogP contribution in [0.25, 0.3) is 0 Å². The standard InChI is InChI=1S/C17H21NO3/c1-3-14(13-8-5-4-6-9-13)17(19)18-12-16(20-2)15-10-7-11-21-15/h4-11,14,16H,3,12H2,1-2H3,(H,18,19)/t14-,16+/m1/s1. The van der Waals surface area contributed by atoms with Crippen LogP contribution in [0.5, 0.6) is 0 Å². The van der Waals surface area contributed by atoms with Crippen LogP contribution in [0.15, 0.2) is 53.1 Å². The number of carbonyl (C=O) groups is 1. The first-order valence-electron chi connectivity index (χ1n) is 7.15. The second-order valence-corrected chi connectivity index (χ2v) is 4.86. The van der Waals surface area contributed by atoms with Crippen LogP contribution in [0.3, 0.4) is 0 Å². The zero-order chi connectivity index (χ0) is 15.1. The number of benzene rings is 1. The van der Waals surface area contributed by atoms with E-state index in [1.807, 2.05) is 49.4 Å². The molecule has 112 valence electrons. The summed E-state index contributed by atoms with van der Waals surface area (Å²) in [6.07, 6.45) is 2.09. The van der Waals surface area contributed by atoms with E-state index in [2.05, 4.69) is 5.32 Å². The molecule has 0 fully saturated rings. The Kier molecular flexibility index (Phi) is 5.58. The van der Waals surface area contributed by atoms with Gasteiger partial charge in [-0.25, -0.2) is 0 Å². The van der Waals surface area contributed by atoms with E-state index in [4.69, 9.17) is 9.15 Å². The normalized spacial score (nSPS) is 13.6. The topological polar surface area (TPSA) is 51.5 Å². The molecule has 4 nitrogen and oxygen atoms in total. The first-order valence-corrected chi connectivity index (χ1v) is 7.15. The first-order chi connectivity index (χ1) is 10.3. The molecule has 0 spiro atoms. The number of amides is 1. The van der Waals surface area contributed by atoms with Crippen molar-refractivity contribution in [3.8, 4) is 0 Å². The van der Waals surface area contributed by atoms with Gasteiger partial charge in [0.2, 0.25) is 5.91 Å². The first kappa shape index (κ1) is 15.3. The molecular weight excluding hydrogens is 266 g/mol. The van der Waals surface area contributed by atoms with Gasteiger partial charge in [-0.1, -0.05) is 37.3 Å². The van der Waals surface area contributed by atoms with Crippen LogP contribution >= 0.6 is 0 Å². The molecule has 0 unspecified atom stereocenters. The SMILES string of the molecule is CC[C@@H](C(=O)NC[C@H](OC)c1ccco1)c1ccccc1. The second kappa shape index (κ2) is 7.64. The molecule has 2 atom stereocenters. The van der Waals surface area contributed by atoms with Crippen molar-refractivity contribution in [3.63, 3.8) is 0 Å². The highest BCUT2D eigenvalue weighted by Crippen LogP contribution is 2.20. The van der Waals surface area contributed by atoms with E-state index in [0.29, 0.717) is 12.3 Å². The molecule has 2 rings (SSSR count). The number of hydrogen-bond donors (Lipinski definition) is 1. The Hall–Kier alpha value is -2.07. The Morgan fingerprint density at radius 1 is 1.24 bits per heavy atom. The largest absolute Gasteiger partial charge is 0.467 e. The van der Waals surface area contributed by atoms with E-state index in [1.54, 1.807) is 13.4 Å². The predicted octanol–water partition coefficient (Wildman–Crippen LogP) is 3.28. The highest BCUT2D eigenvalue weighted by atomic mass is 16.5. The molecule has 0 aliphatic carbocycles. The van der Waals surface area contributed by atoms with Crippen molar-refractivity contribution >= 4 is 5.91 Å². The zero-order valence-electron chi connectivity index (χ0n) is 12.4. The molecule has 0 saturated heterocycles. The number of methoxy groups -OCH3 is 1. The van der Waals surface area contributed by atoms with Gasteiger partial charge in [-0.3, -0.25) is 4.79 Å². The van der Waals surface area contributed by atoms with Crippen LogP contribution < -0.4 is 5.32 Å². The van der Waals surface area contributed by atoms with Gasteiger partial charge in [0.05, 0.1) is 18.7 Å². The molecule has 2 aromatic rings. The third-order valence-corrected chi connectivity index (χ3v) is 3.53. The maximum atomic E-state index is 12.4. The van der Waals surface area contributed by atoms with Gasteiger partial charge in [0.25, 0.3) is 0 Å². The maximum Gasteiger partial charge on any atom is 0.227 e. The quantitative estimate of drug-likeness (QED) is 0.850. The Labute approximate surface area is 125 Å². The van der Waals surface area contributed by atoms with Crippen LogP contribution in [-0.4, -0.2) is 19.6 Å². The Bertz CT molecular complexity index is 536. The average Bonchev–Trinajstić information content (AvgIpc) is 3.04. The van der Waals surface area contributed by atoms with E-state index < -0.39 is 0 Å². The fraction of sp³-hybridized carbons (Fsp3) is 0.353. The fourth-order valence-corrected chi connectivity index (χ4v) is 2.35. The minimum Gasteiger partial charge on any atom is -0.467 e. The van der Waals surface area contributed by atoms with E-state index >= 15 is 0 Å². The van der Waals surface area contributed by atoms with Crippen LogP contribution in [0.2, 0.25) is 0 Å². The van der Waals surface area contributed by atoms with Gasteiger partial charge >= 0.3 is 0 Å². The van der Waals surface area contributed by atoms with Gasteiger partial charge in [-0.05, 0) is 24.1 Å². The minimum absolute atomic E-state index is 0.0114. The number of carbonyl (C=O) groups excluding carboxylic acids is 1. The number of hydrogen-bond acceptors (Lipinski definition) is 3. The van der Waals surface area contributed by atoms with Crippen molar-refractivity contribution < 1.29 is 13.9 Å². The van der Waals surface area contributed by atoms with E-state index in [-0.39, 0.29) is 17.9 Å². The Balaban J connectivity index is 1.97. The van der Waals surface area contributed by atoms with Gasteiger partial charge in [0.15, 0.2) is 0 Å². The molecule has 0 radical (unpaired) electrons. The molecular formula is C17H21NO3. The molecule has 4 heteroatoms. The van der Waals surface area contributed by atoms with Crippen LogP contribution in [-0.2, 0) is 9.53 Å². The van der Waals surface area contributed by atoms with Crippen molar-refractivity contribution in [2.45, 2.75) is 25.4 Å². The summed E-state index contributed by atoms with van der Waals surface area (Å²) in [6.45, 7) is 2.41. The van der Waals surface area contributed by atoms with Crippen molar-refractivity contribution in [2.75, 3.05) is 13.7 Å². The Morgan fingerprint density at radius 2 is 2.00 bits per heavy atom. The summed E-state index contributed by atoms with van der Waals surface area (Å²) in [5.74, 6) is 0.586. The lowest BCUT2D eigenvalue weighted by atomic mass is 9.95. The molecule has 1 aromatic carbocycles. The van der Waals surface area contributed by atoms with Crippen LogP contribution in [0.4, 0.5) is 0 Å². The molecule has 0 saturated carbocycles. The number of nitrogens with one attached hydrogen (secondary N) is 1. The summed E-state index contributed by atoms with van der Waals surface area (Å²) in [7, 11) is 1.61. The van der Waals surface area contributed by atoms with Crippen molar-refractivity contribution in [2.24, 2.45) is 0 Å². The van der Waals surface area contributed by atoms with Crippen molar-refractivity contribution in [1.29, 1.82) is 0 Å². The fourth-order valence-electron chi connectivity index (χ4n) is 2.35. The lowest BCUT2D eigenvalue weighted by Gasteiger charge is -2.18. The summed E-state index contributed by atoms with van der Waals surface area (Å²) in [5.41, 5.74) is 1.03. The third-order valence-electron chi connectivity index (χ3n) is 3.53. The minimum atomic E-state index is -0.266. The maximum absolute atomic E-state index is 12.4. The summed E-state index contributed by atoms with van der Waals surface area (Å²) < 4.78 is 10.7. The van der Waals surface area contributed by atoms with E-state index in [0.717, 1.165) is 12.0 Å². The molecule has 0 aliphatic rings. The van der Waals surface area contributed by atoms with Crippen LogP contribution in [0.1, 0.15) is 36.7 Å². The molecule has 1 heterocycles. The molecule has 0 aliphatic heterocycles. The second-order valence-electron chi connectivity index (χ2n) is 4.86. The molecule has 1 aromatic heterocycles. The lowest BCUT2D eigenvalue weighted by Crippen LogP contribution is -2.33. The Morgan fingerprint density at radius 3 is 2.57 bits per heavy atom. The van der Waals surface area contributed by atoms with Crippen molar-refractivity contribution in [3.05, 3.63) is 60.1 Å². The molecule has 1 N–H and O–H groups in total. The highest BCUT2D eigenvalue weighted by Gasteiger charge is 2.20. The average molecular weight is 287 g/mol.